The molecule has 0 aromatic carbocycles. The molecule has 2 amide bonds. The Labute approximate surface area is 133 Å². The van der Waals surface area contributed by atoms with E-state index in [2.05, 4.69) is 26.6 Å². The Morgan fingerprint density at radius 1 is 1.38 bits per heavy atom. The maximum atomic E-state index is 11.7. The minimum atomic E-state index is -1.05. The molecule has 0 saturated carbocycles. The zero-order valence-electron chi connectivity index (χ0n) is 11.1. The first-order valence-electron chi connectivity index (χ1n) is 6.03. The van der Waals surface area contributed by atoms with Crippen LogP contribution in [0.1, 0.15) is 26.8 Å². The Kier molecular flexibility index (Phi) is 5.03. The van der Waals surface area contributed by atoms with E-state index >= 15 is 0 Å². The summed E-state index contributed by atoms with van der Waals surface area (Å²) < 4.78 is 6.23. The predicted molar refractivity (Wildman–Crippen MR) is 81.5 cm³/mol. The van der Waals surface area contributed by atoms with E-state index in [1.807, 2.05) is 11.4 Å². The number of carboxylic acid groups (broad SMARTS) is 1. The van der Waals surface area contributed by atoms with Crippen LogP contribution in [0.2, 0.25) is 0 Å². The van der Waals surface area contributed by atoms with Crippen LogP contribution in [-0.2, 0) is 13.1 Å². The van der Waals surface area contributed by atoms with Gasteiger partial charge in [0.05, 0.1) is 13.1 Å². The molecule has 2 aromatic rings. The lowest BCUT2D eigenvalue weighted by molar-refractivity contribution is 0.0695. The Hall–Kier alpha value is -1.80. The Bertz CT molecular complexity index is 665. The highest BCUT2D eigenvalue weighted by Crippen LogP contribution is 2.22. The van der Waals surface area contributed by atoms with Crippen molar-refractivity contribution in [3.8, 4) is 0 Å². The summed E-state index contributed by atoms with van der Waals surface area (Å²) in [5.41, 5.74) is 0.106. The molecule has 0 unspecified atom stereocenters. The lowest BCUT2D eigenvalue weighted by Crippen LogP contribution is -2.34. The number of aryl methyl sites for hydroxylation is 1. The zero-order chi connectivity index (χ0) is 15.4. The summed E-state index contributed by atoms with van der Waals surface area (Å²) in [5.74, 6) is -0.325. The molecule has 0 aliphatic carbocycles. The average molecular weight is 373 g/mol. The number of aromatic carboxylic acids is 1. The molecule has 0 saturated heterocycles. The van der Waals surface area contributed by atoms with Crippen molar-refractivity contribution in [2.45, 2.75) is 20.0 Å². The smallest absolute Gasteiger partial charge is 0.339 e. The number of hydrogen-bond donors (Lipinski definition) is 3. The lowest BCUT2D eigenvalue weighted by Gasteiger charge is -2.05. The van der Waals surface area contributed by atoms with Gasteiger partial charge in [0.25, 0.3) is 0 Å². The Morgan fingerprint density at radius 3 is 2.67 bits per heavy atom. The number of carboxylic acids is 1. The van der Waals surface area contributed by atoms with Crippen molar-refractivity contribution in [3.63, 3.8) is 0 Å². The van der Waals surface area contributed by atoms with Crippen LogP contribution in [0.5, 0.6) is 0 Å². The molecule has 0 bridgehead atoms. The second kappa shape index (κ2) is 6.77. The molecule has 21 heavy (non-hydrogen) atoms. The quantitative estimate of drug-likeness (QED) is 0.751. The van der Waals surface area contributed by atoms with Crippen molar-refractivity contribution < 1.29 is 19.1 Å². The van der Waals surface area contributed by atoms with Gasteiger partial charge in [-0.15, -0.1) is 11.3 Å². The highest BCUT2D eigenvalue weighted by atomic mass is 79.9. The summed E-state index contributed by atoms with van der Waals surface area (Å²) in [6, 6.07) is 2.98. The molecular weight excluding hydrogens is 360 g/mol. The van der Waals surface area contributed by atoms with Gasteiger partial charge in [-0.05, 0) is 40.4 Å². The van der Waals surface area contributed by atoms with Crippen molar-refractivity contribution in [3.05, 3.63) is 43.9 Å². The van der Waals surface area contributed by atoms with E-state index in [-0.39, 0.29) is 18.1 Å². The molecule has 2 rings (SSSR count). The molecule has 0 aliphatic heterocycles. The third kappa shape index (κ3) is 4.08. The van der Waals surface area contributed by atoms with Crippen LogP contribution in [0.3, 0.4) is 0 Å². The fraction of sp³-hybridized carbons (Fsp3) is 0.231. The number of amides is 2. The van der Waals surface area contributed by atoms with Crippen LogP contribution in [-0.4, -0.2) is 17.1 Å². The zero-order valence-corrected chi connectivity index (χ0v) is 13.5. The van der Waals surface area contributed by atoms with Crippen LogP contribution in [0, 0.1) is 6.92 Å². The minimum Gasteiger partial charge on any atom is -0.478 e. The number of urea groups is 1. The van der Waals surface area contributed by atoms with Gasteiger partial charge in [-0.25, -0.2) is 9.59 Å². The summed E-state index contributed by atoms with van der Waals surface area (Å²) in [5, 5.41) is 16.2. The monoisotopic (exact) mass is 372 g/mol. The topological polar surface area (TPSA) is 91.6 Å². The highest BCUT2D eigenvalue weighted by Gasteiger charge is 2.14. The van der Waals surface area contributed by atoms with Crippen molar-refractivity contribution in [2.75, 3.05) is 0 Å². The number of carbonyl (C=O) groups excluding carboxylic acids is 1. The Balaban J connectivity index is 1.82. The molecular formula is C13H13BrN2O4S. The predicted octanol–water partition coefficient (Wildman–Crippen LogP) is 3.11. The molecule has 112 valence electrons. The SMILES string of the molecule is Cc1oc(CNC(=O)NCc2sccc2Br)cc1C(=O)O. The molecule has 6 nitrogen and oxygen atoms in total. The molecule has 0 spiro atoms. The van der Waals surface area contributed by atoms with Gasteiger partial charge in [-0.3, -0.25) is 0 Å². The van der Waals surface area contributed by atoms with Crippen LogP contribution >= 0.6 is 27.3 Å². The summed E-state index contributed by atoms with van der Waals surface area (Å²) in [7, 11) is 0. The van der Waals surface area contributed by atoms with Gasteiger partial charge in [0, 0.05) is 9.35 Å². The molecule has 3 N–H and O–H groups in total. The van der Waals surface area contributed by atoms with Gasteiger partial charge in [0.2, 0.25) is 0 Å². The molecule has 8 heteroatoms. The van der Waals surface area contributed by atoms with Crippen molar-refractivity contribution in [1.82, 2.24) is 10.6 Å². The maximum absolute atomic E-state index is 11.7. The van der Waals surface area contributed by atoms with E-state index in [9.17, 15) is 9.59 Å². The molecule has 0 fully saturated rings. The summed E-state index contributed by atoms with van der Waals surface area (Å²) in [6.45, 7) is 2.12. The minimum absolute atomic E-state index is 0.106. The molecule has 0 radical (unpaired) electrons. The van der Waals surface area contributed by atoms with Gasteiger partial charge in [-0.1, -0.05) is 0 Å². The van der Waals surface area contributed by atoms with E-state index in [4.69, 9.17) is 9.52 Å². The largest absolute Gasteiger partial charge is 0.478 e. The maximum Gasteiger partial charge on any atom is 0.339 e. The van der Waals surface area contributed by atoms with E-state index in [0.29, 0.717) is 18.1 Å². The third-order valence-electron chi connectivity index (χ3n) is 2.72. The average Bonchev–Trinajstić information content (AvgIpc) is 3.00. The van der Waals surface area contributed by atoms with Gasteiger partial charge in [-0.2, -0.15) is 0 Å². The van der Waals surface area contributed by atoms with Crippen LogP contribution < -0.4 is 10.6 Å². The molecule has 0 aliphatic rings. The fourth-order valence-corrected chi connectivity index (χ4v) is 3.12. The van der Waals surface area contributed by atoms with Crippen molar-refractivity contribution in [2.24, 2.45) is 0 Å². The number of hydrogen-bond acceptors (Lipinski definition) is 4. The van der Waals surface area contributed by atoms with Gasteiger partial charge in [0.15, 0.2) is 0 Å². The summed E-state index contributed by atoms with van der Waals surface area (Å²) in [6.07, 6.45) is 0. The summed E-state index contributed by atoms with van der Waals surface area (Å²) in [4.78, 5) is 23.6. The number of rotatable bonds is 5. The highest BCUT2D eigenvalue weighted by molar-refractivity contribution is 9.10. The van der Waals surface area contributed by atoms with Crippen molar-refractivity contribution in [1.29, 1.82) is 0 Å². The van der Waals surface area contributed by atoms with E-state index < -0.39 is 5.97 Å². The first kappa shape index (κ1) is 15.6. The Morgan fingerprint density at radius 2 is 2.10 bits per heavy atom. The first-order valence-corrected chi connectivity index (χ1v) is 7.71. The van der Waals surface area contributed by atoms with Crippen LogP contribution in [0.25, 0.3) is 0 Å². The number of halogens is 1. The van der Waals surface area contributed by atoms with Crippen LogP contribution in [0.4, 0.5) is 4.79 Å². The molecule has 0 atom stereocenters. The second-order valence-corrected chi connectivity index (χ2v) is 6.07. The van der Waals surface area contributed by atoms with Gasteiger partial charge < -0.3 is 20.2 Å². The number of thiophene rings is 1. The third-order valence-corrected chi connectivity index (χ3v) is 4.65. The number of nitrogens with one attached hydrogen (secondary N) is 2. The van der Waals surface area contributed by atoms with Crippen LogP contribution in [0.15, 0.2) is 26.4 Å². The lowest BCUT2D eigenvalue weighted by atomic mass is 10.2. The van der Waals surface area contributed by atoms with E-state index in [1.165, 1.54) is 6.07 Å². The standard InChI is InChI=1S/C13H13BrN2O4S/c1-7-9(12(17)18)4-8(20-7)5-15-13(19)16-6-11-10(14)2-3-21-11/h2-4H,5-6H2,1H3,(H,17,18)(H2,15,16,19). The van der Waals surface area contributed by atoms with E-state index in [0.717, 1.165) is 9.35 Å². The fourth-order valence-electron chi connectivity index (χ4n) is 1.68. The molecule has 2 aromatic heterocycles. The number of furan rings is 1. The van der Waals surface area contributed by atoms with Gasteiger partial charge in [0.1, 0.15) is 17.1 Å². The second-order valence-electron chi connectivity index (χ2n) is 4.22. The first-order chi connectivity index (χ1) is 9.97. The molecule has 2 heterocycles. The van der Waals surface area contributed by atoms with Crippen molar-refractivity contribution >= 4 is 39.3 Å². The normalized spacial score (nSPS) is 10.4. The number of carbonyl (C=O) groups is 2. The summed E-state index contributed by atoms with van der Waals surface area (Å²) >= 11 is 4.93. The van der Waals surface area contributed by atoms with E-state index in [1.54, 1.807) is 18.3 Å². The van der Waals surface area contributed by atoms with Gasteiger partial charge >= 0.3 is 12.0 Å².